The molecule has 0 N–H and O–H groups in total. The van der Waals surface area contributed by atoms with E-state index in [4.69, 9.17) is 16.3 Å². The van der Waals surface area contributed by atoms with E-state index in [1.54, 1.807) is 6.07 Å². The minimum absolute atomic E-state index is 0.319. The van der Waals surface area contributed by atoms with Gasteiger partial charge in [0.15, 0.2) is 0 Å². The number of pyridine rings is 1. The van der Waals surface area contributed by atoms with Gasteiger partial charge in [-0.15, -0.1) is 0 Å². The molecule has 1 aliphatic rings. The van der Waals surface area contributed by atoms with E-state index in [0.29, 0.717) is 10.6 Å². The summed E-state index contributed by atoms with van der Waals surface area (Å²) in [5.74, 6) is -0.433. The first kappa shape index (κ1) is 13.1. The summed E-state index contributed by atoms with van der Waals surface area (Å²) in [6, 6.07) is 1.70. The van der Waals surface area contributed by atoms with E-state index in [-0.39, 0.29) is 0 Å². The number of likely N-dealkylation sites (N-methyl/N-ethyl adjacent to an activating group) is 1. The molecule has 0 fully saturated rings. The number of halogens is 1. The van der Waals surface area contributed by atoms with Crippen molar-refractivity contribution in [3.8, 4) is 0 Å². The van der Waals surface area contributed by atoms with Crippen LogP contribution in [0.1, 0.15) is 22.5 Å². The lowest BCUT2D eigenvalue weighted by Crippen LogP contribution is -2.24. The third-order valence-corrected chi connectivity index (χ3v) is 3.30. The van der Waals surface area contributed by atoms with Gasteiger partial charge in [0.2, 0.25) is 0 Å². The average molecular weight is 267 g/mol. The first-order chi connectivity index (χ1) is 8.61. The number of esters is 1. The highest BCUT2D eigenvalue weighted by molar-refractivity contribution is 6.33. The van der Waals surface area contributed by atoms with Crippen LogP contribution in [0.15, 0.2) is 18.3 Å². The van der Waals surface area contributed by atoms with Crippen LogP contribution in [0.3, 0.4) is 0 Å². The highest BCUT2D eigenvalue weighted by Crippen LogP contribution is 2.24. The van der Waals surface area contributed by atoms with E-state index in [1.165, 1.54) is 13.3 Å². The molecular formula is C13H15ClN2O2. The number of rotatable bonds is 2. The van der Waals surface area contributed by atoms with Crippen LogP contribution in [-0.4, -0.2) is 43.1 Å². The summed E-state index contributed by atoms with van der Waals surface area (Å²) in [6.45, 7) is 1.89. The maximum absolute atomic E-state index is 11.6. The van der Waals surface area contributed by atoms with Crippen LogP contribution in [0.25, 0.3) is 5.57 Å². The molecule has 0 aliphatic carbocycles. The number of carbonyl (C=O) groups is 1. The molecule has 96 valence electrons. The van der Waals surface area contributed by atoms with Crippen LogP contribution in [0.5, 0.6) is 0 Å². The standard InChI is InChI=1S/C13H15ClN2O2/c1-16-5-3-9(4-6-16)12-7-10(13(17)18-2)11(14)8-15-12/h3,7-8H,4-6H2,1-2H3. The Morgan fingerprint density at radius 2 is 2.33 bits per heavy atom. The third-order valence-electron chi connectivity index (χ3n) is 3.00. The number of ether oxygens (including phenoxy) is 1. The van der Waals surface area contributed by atoms with Gasteiger partial charge in [0.1, 0.15) is 0 Å². The summed E-state index contributed by atoms with van der Waals surface area (Å²) in [5, 5.41) is 0.319. The minimum Gasteiger partial charge on any atom is -0.465 e. The molecule has 1 aliphatic heterocycles. The fourth-order valence-electron chi connectivity index (χ4n) is 1.88. The summed E-state index contributed by atoms with van der Waals surface area (Å²) in [5.41, 5.74) is 2.31. The highest BCUT2D eigenvalue weighted by Gasteiger charge is 2.16. The molecule has 1 aromatic rings. The average Bonchev–Trinajstić information content (AvgIpc) is 2.39. The molecule has 0 atom stereocenters. The van der Waals surface area contributed by atoms with Crippen molar-refractivity contribution in [3.63, 3.8) is 0 Å². The molecule has 18 heavy (non-hydrogen) atoms. The van der Waals surface area contributed by atoms with Crippen molar-refractivity contribution >= 4 is 23.1 Å². The van der Waals surface area contributed by atoms with Crippen LogP contribution in [-0.2, 0) is 4.74 Å². The number of nitrogens with zero attached hydrogens (tertiary/aromatic N) is 2. The van der Waals surface area contributed by atoms with Crippen molar-refractivity contribution in [1.82, 2.24) is 9.88 Å². The molecule has 0 saturated carbocycles. The number of aromatic nitrogens is 1. The number of methoxy groups -OCH3 is 1. The first-order valence-electron chi connectivity index (χ1n) is 5.73. The Morgan fingerprint density at radius 1 is 1.56 bits per heavy atom. The molecule has 2 rings (SSSR count). The maximum Gasteiger partial charge on any atom is 0.339 e. The predicted molar refractivity (Wildman–Crippen MR) is 70.7 cm³/mol. The van der Waals surface area contributed by atoms with E-state index in [2.05, 4.69) is 23.0 Å². The monoisotopic (exact) mass is 266 g/mol. The van der Waals surface area contributed by atoms with Gasteiger partial charge in [0.05, 0.1) is 23.4 Å². The molecule has 0 unspecified atom stereocenters. The van der Waals surface area contributed by atoms with Gasteiger partial charge in [-0.1, -0.05) is 17.7 Å². The van der Waals surface area contributed by atoms with Gasteiger partial charge in [-0.25, -0.2) is 4.79 Å². The summed E-state index contributed by atoms with van der Waals surface area (Å²) in [4.78, 5) is 18.1. The molecule has 5 heteroatoms. The Labute approximate surface area is 111 Å². The SMILES string of the molecule is COC(=O)c1cc(C2=CCN(C)CC2)ncc1Cl. The highest BCUT2D eigenvalue weighted by atomic mass is 35.5. The van der Waals surface area contributed by atoms with Gasteiger partial charge >= 0.3 is 5.97 Å². The number of hydrogen-bond acceptors (Lipinski definition) is 4. The van der Waals surface area contributed by atoms with E-state index >= 15 is 0 Å². The summed E-state index contributed by atoms with van der Waals surface area (Å²) < 4.78 is 4.70. The van der Waals surface area contributed by atoms with Crippen LogP contribution in [0.2, 0.25) is 5.02 Å². The molecule has 0 saturated heterocycles. The Morgan fingerprint density at radius 3 is 2.94 bits per heavy atom. The van der Waals surface area contributed by atoms with Crippen molar-refractivity contribution in [2.75, 3.05) is 27.2 Å². The molecule has 0 spiro atoms. The molecule has 0 bridgehead atoms. The van der Waals surface area contributed by atoms with E-state index in [0.717, 1.165) is 30.8 Å². The van der Waals surface area contributed by atoms with Gasteiger partial charge in [-0.2, -0.15) is 0 Å². The fraction of sp³-hybridized carbons (Fsp3) is 0.385. The van der Waals surface area contributed by atoms with E-state index in [1.807, 2.05) is 0 Å². The van der Waals surface area contributed by atoms with Crippen molar-refractivity contribution in [2.24, 2.45) is 0 Å². The van der Waals surface area contributed by atoms with Crippen LogP contribution in [0, 0.1) is 0 Å². The molecule has 4 nitrogen and oxygen atoms in total. The second-order valence-corrected chi connectivity index (χ2v) is 4.69. The lowest BCUT2D eigenvalue weighted by atomic mass is 10.0. The predicted octanol–water partition coefficient (Wildman–Crippen LogP) is 2.24. The van der Waals surface area contributed by atoms with Crippen molar-refractivity contribution < 1.29 is 9.53 Å². The first-order valence-corrected chi connectivity index (χ1v) is 6.11. The molecule has 0 amide bonds. The lowest BCUT2D eigenvalue weighted by molar-refractivity contribution is 0.0601. The normalized spacial score (nSPS) is 16.3. The smallest absolute Gasteiger partial charge is 0.339 e. The van der Waals surface area contributed by atoms with Gasteiger partial charge in [-0.3, -0.25) is 4.98 Å². The van der Waals surface area contributed by atoms with Gasteiger partial charge < -0.3 is 9.64 Å². The van der Waals surface area contributed by atoms with E-state index in [9.17, 15) is 4.79 Å². The molecule has 1 aromatic heterocycles. The zero-order valence-electron chi connectivity index (χ0n) is 10.4. The zero-order valence-corrected chi connectivity index (χ0v) is 11.2. The van der Waals surface area contributed by atoms with Crippen molar-refractivity contribution in [1.29, 1.82) is 0 Å². The van der Waals surface area contributed by atoms with Gasteiger partial charge in [0.25, 0.3) is 0 Å². The second-order valence-electron chi connectivity index (χ2n) is 4.28. The topological polar surface area (TPSA) is 42.4 Å². The molecule has 0 radical (unpaired) electrons. The number of hydrogen-bond donors (Lipinski definition) is 0. The van der Waals surface area contributed by atoms with Crippen molar-refractivity contribution in [2.45, 2.75) is 6.42 Å². The second kappa shape index (κ2) is 5.50. The zero-order chi connectivity index (χ0) is 13.1. The Kier molecular flexibility index (Phi) is 3.99. The lowest BCUT2D eigenvalue weighted by Gasteiger charge is -2.21. The quantitative estimate of drug-likeness (QED) is 0.770. The summed E-state index contributed by atoms with van der Waals surface area (Å²) >= 11 is 5.94. The summed E-state index contributed by atoms with van der Waals surface area (Å²) in [7, 11) is 3.41. The summed E-state index contributed by atoms with van der Waals surface area (Å²) in [6.07, 6.45) is 4.55. The third kappa shape index (κ3) is 2.71. The fourth-order valence-corrected chi connectivity index (χ4v) is 2.06. The van der Waals surface area contributed by atoms with Crippen LogP contribution < -0.4 is 0 Å². The van der Waals surface area contributed by atoms with E-state index < -0.39 is 5.97 Å². The number of carbonyl (C=O) groups excluding carboxylic acids is 1. The Balaban J connectivity index is 2.32. The maximum atomic E-state index is 11.6. The van der Waals surface area contributed by atoms with Gasteiger partial charge in [0, 0.05) is 19.3 Å². The Bertz CT molecular complexity index is 500. The van der Waals surface area contributed by atoms with Crippen LogP contribution in [0.4, 0.5) is 0 Å². The Hall–Kier alpha value is -1.39. The molecule has 0 aromatic carbocycles. The van der Waals surface area contributed by atoms with Gasteiger partial charge in [-0.05, 0) is 25.1 Å². The minimum atomic E-state index is -0.433. The van der Waals surface area contributed by atoms with Crippen LogP contribution >= 0.6 is 11.6 Å². The largest absolute Gasteiger partial charge is 0.465 e. The van der Waals surface area contributed by atoms with Crippen molar-refractivity contribution in [3.05, 3.63) is 34.6 Å². The molecule has 2 heterocycles. The molecular weight excluding hydrogens is 252 g/mol.